The minimum absolute atomic E-state index is 0.515. The topological polar surface area (TPSA) is 18.5 Å². The van der Waals surface area contributed by atoms with Crippen LogP contribution in [-0.2, 0) is 6.42 Å². The maximum Gasteiger partial charge on any atom is 0.246 e. The summed E-state index contributed by atoms with van der Waals surface area (Å²) in [6, 6.07) is 6.20. The van der Waals surface area contributed by atoms with Crippen molar-refractivity contribution in [3.05, 3.63) is 23.8 Å². The molecule has 0 aliphatic carbocycles. The van der Waals surface area contributed by atoms with Crippen molar-refractivity contribution in [3.63, 3.8) is 0 Å². The van der Waals surface area contributed by atoms with E-state index in [1.54, 1.807) is 0 Å². The van der Waals surface area contributed by atoms with Gasteiger partial charge in [-0.05, 0) is 30.0 Å². The first-order valence-electron chi connectivity index (χ1n) is 5.47. The quantitative estimate of drug-likeness (QED) is 0.738. The number of fused-ring (bicyclic) bond motifs is 1. The van der Waals surface area contributed by atoms with E-state index < -0.39 is 5.79 Å². The molecular weight excluding hydrogens is 188 g/mol. The van der Waals surface area contributed by atoms with Gasteiger partial charge in [0.05, 0.1) is 0 Å². The van der Waals surface area contributed by atoms with Crippen molar-refractivity contribution in [2.24, 2.45) is 5.92 Å². The van der Waals surface area contributed by atoms with E-state index >= 15 is 0 Å². The Labute approximate surface area is 91.2 Å². The number of hydrogen-bond donors (Lipinski definition) is 0. The van der Waals surface area contributed by atoms with Crippen LogP contribution in [0.15, 0.2) is 18.2 Å². The number of hydrogen-bond acceptors (Lipinski definition) is 2. The number of rotatable bonds is 2. The zero-order valence-corrected chi connectivity index (χ0v) is 9.83. The molecule has 15 heavy (non-hydrogen) atoms. The Morgan fingerprint density at radius 1 is 1.13 bits per heavy atom. The average Bonchev–Trinajstić information content (AvgIpc) is 2.36. The molecule has 0 radical (unpaired) electrons. The van der Waals surface area contributed by atoms with Gasteiger partial charge in [-0.1, -0.05) is 19.9 Å². The van der Waals surface area contributed by atoms with Gasteiger partial charge in [-0.25, -0.2) is 0 Å². The first-order chi connectivity index (χ1) is 6.96. The van der Waals surface area contributed by atoms with Crippen molar-refractivity contribution in [2.75, 3.05) is 0 Å². The summed E-state index contributed by atoms with van der Waals surface area (Å²) in [5, 5.41) is 0. The SMILES string of the molecule is CC(C)Cc1ccc2c(c1)OC(C)(C)O2. The Morgan fingerprint density at radius 2 is 1.80 bits per heavy atom. The lowest BCUT2D eigenvalue weighted by molar-refractivity contribution is -0.0431. The smallest absolute Gasteiger partial charge is 0.246 e. The van der Waals surface area contributed by atoms with Crippen LogP contribution in [-0.4, -0.2) is 5.79 Å². The van der Waals surface area contributed by atoms with Crippen LogP contribution in [0.3, 0.4) is 0 Å². The summed E-state index contributed by atoms with van der Waals surface area (Å²) >= 11 is 0. The van der Waals surface area contributed by atoms with Crippen LogP contribution in [0.1, 0.15) is 33.3 Å². The van der Waals surface area contributed by atoms with E-state index in [1.807, 2.05) is 19.9 Å². The molecule has 0 aromatic heterocycles. The minimum atomic E-state index is -0.515. The monoisotopic (exact) mass is 206 g/mol. The third kappa shape index (κ3) is 2.25. The van der Waals surface area contributed by atoms with Crippen LogP contribution in [0.4, 0.5) is 0 Å². The molecule has 0 N–H and O–H groups in total. The fourth-order valence-electron chi connectivity index (χ4n) is 1.87. The summed E-state index contributed by atoms with van der Waals surface area (Å²) in [6.45, 7) is 8.28. The average molecular weight is 206 g/mol. The molecule has 82 valence electrons. The zero-order chi connectivity index (χ0) is 11.1. The van der Waals surface area contributed by atoms with Crippen molar-refractivity contribution >= 4 is 0 Å². The highest BCUT2D eigenvalue weighted by Gasteiger charge is 2.31. The van der Waals surface area contributed by atoms with Gasteiger partial charge in [-0.2, -0.15) is 0 Å². The molecule has 1 heterocycles. The summed E-state index contributed by atoms with van der Waals surface area (Å²) in [5.41, 5.74) is 1.31. The second-order valence-corrected chi connectivity index (χ2v) is 4.98. The Morgan fingerprint density at radius 3 is 2.47 bits per heavy atom. The second kappa shape index (κ2) is 3.44. The predicted octanol–water partition coefficient (Wildman–Crippen LogP) is 3.39. The standard InChI is InChI=1S/C13H18O2/c1-9(2)7-10-5-6-11-12(8-10)15-13(3,4)14-11/h5-6,8-9H,7H2,1-4H3. The van der Waals surface area contributed by atoms with Crippen LogP contribution in [0, 0.1) is 5.92 Å². The first-order valence-corrected chi connectivity index (χ1v) is 5.47. The Kier molecular flexibility index (Phi) is 2.37. The van der Waals surface area contributed by atoms with E-state index in [4.69, 9.17) is 9.47 Å². The Bertz CT molecular complexity index is 367. The van der Waals surface area contributed by atoms with Gasteiger partial charge < -0.3 is 9.47 Å². The summed E-state index contributed by atoms with van der Waals surface area (Å²) < 4.78 is 11.3. The van der Waals surface area contributed by atoms with E-state index in [0.29, 0.717) is 5.92 Å². The predicted molar refractivity (Wildman–Crippen MR) is 60.3 cm³/mol. The largest absolute Gasteiger partial charge is 0.449 e. The molecule has 0 unspecified atom stereocenters. The lowest BCUT2D eigenvalue weighted by atomic mass is 10.0. The highest BCUT2D eigenvalue weighted by atomic mass is 16.7. The van der Waals surface area contributed by atoms with Gasteiger partial charge >= 0.3 is 0 Å². The van der Waals surface area contributed by atoms with E-state index in [2.05, 4.69) is 26.0 Å². The lowest BCUT2D eigenvalue weighted by Gasteiger charge is -2.16. The van der Waals surface area contributed by atoms with Gasteiger partial charge in [0.1, 0.15) is 0 Å². The Hall–Kier alpha value is -1.18. The van der Waals surface area contributed by atoms with Gasteiger partial charge in [0.2, 0.25) is 5.79 Å². The highest BCUT2D eigenvalue weighted by molar-refractivity contribution is 5.45. The molecule has 1 aromatic carbocycles. The van der Waals surface area contributed by atoms with Crippen molar-refractivity contribution in [2.45, 2.75) is 39.9 Å². The normalized spacial score (nSPS) is 17.1. The molecule has 0 fully saturated rings. The third-order valence-corrected chi connectivity index (χ3v) is 2.36. The fraction of sp³-hybridized carbons (Fsp3) is 0.538. The highest BCUT2D eigenvalue weighted by Crippen LogP contribution is 2.39. The molecule has 1 aromatic rings. The molecule has 1 aliphatic rings. The molecule has 2 rings (SSSR count). The maximum absolute atomic E-state index is 5.69. The molecule has 0 atom stereocenters. The minimum Gasteiger partial charge on any atom is -0.449 e. The van der Waals surface area contributed by atoms with E-state index in [0.717, 1.165) is 17.9 Å². The van der Waals surface area contributed by atoms with Crippen LogP contribution < -0.4 is 9.47 Å². The van der Waals surface area contributed by atoms with Gasteiger partial charge in [-0.15, -0.1) is 0 Å². The van der Waals surface area contributed by atoms with Crippen molar-refractivity contribution < 1.29 is 9.47 Å². The molecule has 1 aliphatic heterocycles. The molecule has 0 amide bonds. The summed E-state index contributed by atoms with van der Waals surface area (Å²) in [6.07, 6.45) is 1.08. The second-order valence-electron chi connectivity index (χ2n) is 4.98. The van der Waals surface area contributed by atoms with Gasteiger partial charge in [0.15, 0.2) is 11.5 Å². The maximum atomic E-state index is 5.69. The molecule has 2 nitrogen and oxygen atoms in total. The summed E-state index contributed by atoms with van der Waals surface area (Å²) in [4.78, 5) is 0. The van der Waals surface area contributed by atoms with Crippen LogP contribution in [0.2, 0.25) is 0 Å². The Balaban J connectivity index is 2.23. The van der Waals surface area contributed by atoms with Gasteiger partial charge in [-0.3, -0.25) is 0 Å². The third-order valence-electron chi connectivity index (χ3n) is 2.36. The van der Waals surface area contributed by atoms with Crippen LogP contribution in [0.5, 0.6) is 11.5 Å². The van der Waals surface area contributed by atoms with E-state index in [-0.39, 0.29) is 0 Å². The molecule has 0 saturated carbocycles. The molecule has 0 spiro atoms. The fourth-order valence-corrected chi connectivity index (χ4v) is 1.87. The number of benzene rings is 1. The summed E-state index contributed by atoms with van der Waals surface area (Å²) in [5.74, 6) is 1.88. The molecule has 0 saturated heterocycles. The molecular formula is C13H18O2. The molecule has 0 bridgehead atoms. The van der Waals surface area contributed by atoms with Crippen LogP contribution in [0.25, 0.3) is 0 Å². The van der Waals surface area contributed by atoms with Crippen LogP contribution >= 0.6 is 0 Å². The van der Waals surface area contributed by atoms with E-state index in [9.17, 15) is 0 Å². The van der Waals surface area contributed by atoms with E-state index in [1.165, 1.54) is 5.56 Å². The molecule has 2 heteroatoms. The van der Waals surface area contributed by atoms with Crippen molar-refractivity contribution in [1.29, 1.82) is 0 Å². The van der Waals surface area contributed by atoms with Gasteiger partial charge in [0.25, 0.3) is 0 Å². The van der Waals surface area contributed by atoms with Crippen molar-refractivity contribution in [1.82, 2.24) is 0 Å². The van der Waals surface area contributed by atoms with Gasteiger partial charge in [0, 0.05) is 13.8 Å². The summed E-state index contributed by atoms with van der Waals surface area (Å²) in [7, 11) is 0. The number of ether oxygens (including phenoxy) is 2. The zero-order valence-electron chi connectivity index (χ0n) is 9.83. The van der Waals surface area contributed by atoms with Crippen molar-refractivity contribution in [3.8, 4) is 11.5 Å². The first kappa shape index (κ1) is 10.3. The lowest BCUT2D eigenvalue weighted by Crippen LogP contribution is -2.29.